The minimum Gasteiger partial charge on any atom is -0.497 e. The van der Waals surface area contributed by atoms with Gasteiger partial charge in [0, 0.05) is 18.2 Å². The Morgan fingerprint density at radius 1 is 1.12 bits per heavy atom. The van der Waals surface area contributed by atoms with E-state index in [9.17, 15) is 4.79 Å². The normalized spacial score (nSPS) is 16.4. The minimum absolute atomic E-state index is 0.00354. The fourth-order valence-electron chi connectivity index (χ4n) is 3.42. The second-order valence-corrected chi connectivity index (χ2v) is 6.41. The maximum Gasteiger partial charge on any atom is 0.261 e. The van der Waals surface area contributed by atoms with Crippen molar-refractivity contribution in [3.05, 3.63) is 53.6 Å². The molecule has 1 fully saturated rings. The average Bonchev–Trinajstić information content (AvgIpc) is 3.16. The predicted molar refractivity (Wildman–Crippen MR) is 99.9 cm³/mol. The molecule has 1 atom stereocenters. The summed E-state index contributed by atoms with van der Waals surface area (Å²) in [6.07, 6.45) is 1.88. The van der Waals surface area contributed by atoms with Gasteiger partial charge in [0.25, 0.3) is 5.91 Å². The Balaban J connectivity index is 1.73. The van der Waals surface area contributed by atoms with Gasteiger partial charge in [-0.3, -0.25) is 4.79 Å². The first kappa shape index (κ1) is 18.1. The van der Waals surface area contributed by atoms with Gasteiger partial charge in [0.1, 0.15) is 17.2 Å². The molecule has 138 valence electrons. The van der Waals surface area contributed by atoms with E-state index >= 15 is 0 Å². The lowest BCUT2D eigenvalue weighted by Gasteiger charge is -2.26. The molecule has 1 aliphatic heterocycles. The molecule has 1 saturated heterocycles. The first-order valence-electron chi connectivity index (χ1n) is 8.84. The Labute approximate surface area is 154 Å². The SMILES string of the molecule is COc1ccc([C@@H]2CCCN2C(=O)COc2ccccc2C)c(OC)c1. The van der Waals surface area contributed by atoms with Crippen molar-refractivity contribution in [3.63, 3.8) is 0 Å². The number of para-hydroxylation sites is 1. The fourth-order valence-corrected chi connectivity index (χ4v) is 3.42. The highest BCUT2D eigenvalue weighted by Crippen LogP contribution is 2.38. The maximum absolute atomic E-state index is 12.8. The van der Waals surface area contributed by atoms with E-state index in [-0.39, 0.29) is 18.6 Å². The predicted octanol–water partition coefficient (Wildman–Crippen LogP) is 3.75. The van der Waals surface area contributed by atoms with Crippen LogP contribution in [-0.4, -0.2) is 38.2 Å². The Hall–Kier alpha value is -2.69. The molecule has 0 aliphatic carbocycles. The zero-order chi connectivity index (χ0) is 18.5. The Morgan fingerprint density at radius 3 is 2.65 bits per heavy atom. The lowest BCUT2D eigenvalue weighted by Crippen LogP contribution is -2.34. The molecule has 0 spiro atoms. The van der Waals surface area contributed by atoms with Crippen molar-refractivity contribution < 1.29 is 19.0 Å². The van der Waals surface area contributed by atoms with Gasteiger partial charge in [-0.25, -0.2) is 0 Å². The molecule has 1 heterocycles. The van der Waals surface area contributed by atoms with E-state index in [0.717, 1.165) is 47.8 Å². The van der Waals surface area contributed by atoms with Gasteiger partial charge >= 0.3 is 0 Å². The number of hydrogen-bond donors (Lipinski definition) is 0. The van der Waals surface area contributed by atoms with Crippen molar-refractivity contribution in [2.75, 3.05) is 27.4 Å². The van der Waals surface area contributed by atoms with Gasteiger partial charge in [-0.15, -0.1) is 0 Å². The highest BCUT2D eigenvalue weighted by atomic mass is 16.5. The first-order valence-corrected chi connectivity index (χ1v) is 8.84. The number of ether oxygens (including phenoxy) is 3. The molecule has 0 N–H and O–H groups in total. The standard InChI is InChI=1S/C21H25NO4/c1-15-7-4-5-9-19(15)26-14-21(23)22-12-6-8-18(22)17-11-10-16(24-2)13-20(17)25-3/h4-5,7,9-11,13,18H,6,8,12,14H2,1-3H3/t18-/m0/s1. The van der Waals surface area contributed by atoms with Crippen molar-refractivity contribution in [1.29, 1.82) is 0 Å². The molecule has 26 heavy (non-hydrogen) atoms. The van der Waals surface area contributed by atoms with Gasteiger partial charge in [-0.05, 0) is 43.5 Å². The molecule has 2 aromatic carbocycles. The van der Waals surface area contributed by atoms with Crippen LogP contribution in [0.4, 0.5) is 0 Å². The molecule has 0 bridgehead atoms. The number of carbonyl (C=O) groups is 1. The molecule has 5 heteroatoms. The van der Waals surface area contributed by atoms with E-state index in [1.165, 1.54) is 0 Å². The van der Waals surface area contributed by atoms with Gasteiger partial charge < -0.3 is 19.1 Å². The largest absolute Gasteiger partial charge is 0.497 e. The number of aryl methyl sites for hydroxylation is 1. The molecular formula is C21H25NO4. The van der Waals surface area contributed by atoms with Crippen molar-refractivity contribution in [2.45, 2.75) is 25.8 Å². The van der Waals surface area contributed by atoms with Gasteiger partial charge in [0.2, 0.25) is 0 Å². The van der Waals surface area contributed by atoms with Crippen molar-refractivity contribution >= 4 is 5.91 Å². The quantitative estimate of drug-likeness (QED) is 0.792. The number of methoxy groups -OCH3 is 2. The van der Waals surface area contributed by atoms with Crippen LogP contribution in [0.2, 0.25) is 0 Å². The van der Waals surface area contributed by atoms with Crippen molar-refractivity contribution in [3.8, 4) is 17.2 Å². The fraction of sp³-hybridized carbons (Fsp3) is 0.381. The molecule has 5 nitrogen and oxygen atoms in total. The van der Waals surface area contributed by atoms with Gasteiger partial charge in [0.05, 0.1) is 20.3 Å². The Morgan fingerprint density at radius 2 is 1.92 bits per heavy atom. The lowest BCUT2D eigenvalue weighted by molar-refractivity contribution is -0.134. The zero-order valence-electron chi connectivity index (χ0n) is 15.5. The summed E-state index contributed by atoms with van der Waals surface area (Å²) in [4.78, 5) is 14.7. The lowest BCUT2D eigenvalue weighted by atomic mass is 10.0. The van der Waals surface area contributed by atoms with Crippen molar-refractivity contribution in [1.82, 2.24) is 4.90 Å². The second kappa shape index (κ2) is 8.13. The van der Waals surface area contributed by atoms with Gasteiger partial charge in [-0.2, -0.15) is 0 Å². The number of amides is 1. The van der Waals surface area contributed by atoms with Crippen LogP contribution in [0.3, 0.4) is 0 Å². The summed E-state index contributed by atoms with van der Waals surface area (Å²) in [5.74, 6) is 2.23. The Bertz CT molecular complexity index is 774. The van der Waals surface area contributed by atoms with E-state index in [0.29, 0.717) is 0 Å². The minimum atomic E-state index is -0.00590. The molecule has 1 amide bonds. The molecule has 2 aromatic rings. The highest BCUT2D eigenvalue weighted by Gasteiger charge is 2.32. The van der Waals surface area contributed by atoms with Gasteiger partial charge in [0.15, 0.2) is 6.61 Å². The van der Waals surface area contributed by atoms with Crippen LogP contribution in [-0.2, 0) is 4.79 Å². The number of nitrogens with zero attached hydrogens (tertiary/aromatic N) is 1. The molecule has 3 rings (SSSR count). The third-order valence-corrected chi connectivity index (χ3v) is 4.82. The number of likely N-dealkylation sites (tertiary alicyclic amines) is 1. The number of benzene rings is 2. The number of hydrogen-bond acceptors (Lipinski definition) is 4. The molecular weight excluding hydrogens is 330 g/mol. The second-order valence-electron chi connectivity index (χ2n) is 6.41. The third kappa shape index (κ3) is 3.77. The topological polar surface area (TPSA) is 48.0 Å². The summed E-state index contributed by atoms with van der Waals surface area (Å²) in [5, 5.41) is 0. The molecule has 0 aromatic heterocycles. The van der Waals surface area contributed by atoms with E-state index in [2.05, 4.69) is 0 Å². The van der Waals surface area contributed by atoms with Crippen LogP contribution in [0.15, 0.2) is 42.5 Å². The van der Waals surface area contributed by atoms with Crippen molar-refractivity contribution in [2.24, 2.45) is 0 Å². The first-order chi connectivity index (χ1) is 12.6. The van der Waals surface area contributed by atoms with Crippen LogP contribution in [0, 0.1) is 6.92 Å². The summed E-state index contributed by atoms with van der Waals surface area (Å²) in [6, 6.07) is 13.5. The zero-order valence-corrected chi connectivity index (χ0v) is 15.5. The third-order valence-electron chi connectivity index (χ3n) is 4.82. The summed E-state index contributed by atoms with van der Waals surface area (Å²) >= 11 is 0. The van der Waals surface area contributed by atoms with E-state index in [1.54, 1.807) is 14.2 Å². The van der Waals surface area contributed by atoms with Crippen LogP contribution in [0.1, 0.15) is 30.0 Å². The van der Waals surface area contributed by atoms with Crippen LogP contribution < -0.4 is 14.2 Å². The Kier molecular flexibility index (Phi) is 5.66. The summed E-state index contributed by atoms with van der Waals surface area (Å²) in [7, 11) is 3.27. The smallest absolute Gasteiger partial charge is 0.261 e. The average molecular weight is 355 g/mol. The number of carbonyl (C=O) groups excluding carboxylic acids is 1. The summed E-state index contributed by atoms with van der Waals surface area (Å²) in [6.45, 7) is 2.75. The molecule has 1 aliphatic rings. The van der Waals surface area contributed by atoms with Crippen LogP contribution in [0.25, 0.3) is 0 Å². The monoisotopic (exact) mass is 355 g/mol. The van der Waals surface area contributed by atoms with E-state index in [1.807, 2.05) is 54.3 Å². The van der Waals surface area contributed by atoms with E-state index < -0.39 is 0 Å². The van der Waals surface area contributed by atoms with Crippen LogP contribution in [0.5, 0.6) is 17.2 Å². The maximum atomic E-state index is 12.8. The highest BCUT2D eigenvalue weighted by molar-refractivity contribution is 5.78. The van der Waals surface area contributed by atoms with Crippen LogP contribution >= 0.6 is 0 Å². The summed E-state index contributed by atoms with van der Waals surface area (Å²) < 4.78 is 16.5. The summed E-state index contributed by atoms with van der Waals surface area (Å²) in [5.41, 5.74) is 2.03. The molecule has 0 saturated carbocycles. The molecule has 0 unspecified atom stereocenters. The molecule has 0 radical (unpaired) electrons. The number of rotatable bonds is 6. The van der Waals surface area contributed by atoms with E-state index in [4.69, 9.17) is 14.2 Å². The van der Waals surface area contributed by atoms with Gasteiger partial charge in [-0.1, -0.05) is 18.2 Å².